The summed E-state index contributed by atoms with van der Waals surface area (Å²) in [5, 5.41) is 0. The molecule has 1 saturated heterocycles. The van der Waals surface area contributed by atoms with E-state index in [4.69, 9.17) is 0 Å². The molecule has 5 nitrogen and oxygen atoms in total. The maximum absolute atomic E-state index is 13.3. The van der Waals surface area contributed by atoms with Crippen molar-refractivity contribution in [3.8, 4) is 0 Å². The minimum absolute atomic E-state index is 0.417. The summed E-state index contributed by atoms with van der Waals surface area (Å²) in [5.41, 5.74) is 0.989. The Morgan fingerprint density at radius 2 is 0.970 bits per heavy atom. The lowest BCUT2D eigenvalue weighted by molar-refractivity contribution is -0.133. The van der Waals surface area contributed by atoms with Gasteiger partial charge in [0, 0.05) is 0 Å². The number of amides is 4. The van der Waals surface area contributed by atoms with Crippen molar-refractivity contribution in [1.82, 2.24) is 0 Å². The fourth-order valence-corrected chi connectivity index (χ4v) is 4.42. The molecular weight excluding hydrogens is 412 g/mol. The van der Waals surface area contributed by atoms with Gasteiger partial charge in [0.05, 0.1) is 11.4 Å². The lowest BCUT2D eigenvalue weighted by atomic mass is 9.94. The summed E-state index contributed by atoms with van der Waals surface area (Å²) in [6.07, 6.45) is 12.4. The number of hydrogen-bond donors (Lipinski definition) is 0. The molecule has 4 amide bonds. The molecule has 33 heavy (non-hydrogen) atoms. The number of nitrogens with zero attached hydrogens (tertiary/aromatic N) is 2. The van der Waals surface area contributed by atoms with Crippen LogP contribution < -0.4 is 9.80 Å². The molecule has 0 N–H and O–H groups in total. The summed E-state index contributed by atoms with van der Waals surface area (Å²) in [4.78, 5) is 42.1. The van der Waals surface area contributed by atoms with Gasteiger partial charge in [0.25, 0.3) is 0 Å². The zero-order valence-electron chi connectivity index (χ0n) is 19.7. The van der Waals surface area contributed by atoms with Gasteiger partial charge in [-0.15, -0.1) is 0 Å². The molecule has 3 rings (SSSR count). The van der Waals surface area contributed by atoms with E-state index >= 15 is 0 Å². The van der Waals surface area contributed by atoms with Crippen molar-refractivity contribution in [3.63, 3.8) is 0 Å². The van der Waals surface area contributed by atoms with Gasteiger partial charge in [0.15, 0.2) is 0 Å². The summed E-state index contributed by atoms with van der Waals surface area (Å²) in [6, 6.07) is 17.1. The zero-order valence-corrected chi connectivity index (χ0v) is 19.7. The van der Waals surface area contributed by atoms with E-state index in [1.165, 1.54) is 44.9 Å². The van der Waals surface area contributed by atoms with E-state index in [2.05, 4.69) is 6.92 Å². The van der Waals surface area contributed by atoms with Gasteiger partial charge >= 0.3 is 6.03 Å². The summed E-state index contributed by atoms with van der Waals surface area (Å²) >= 11 is 0. The number of rotatable bonds is 13. The minimum atomic E-state index is -0.836. The maximum atomic E-state index is 13.3. The highest BCUT2D eigenvalue weighted by Crippen LogP contribution is 2.31. The van der Waals surface area contributed by atoms with Crippen LogP contribution in [0.4, 0.5) is 16.2 Å². The average Bonchev–Trinajstić information content (AvgIpc) is 2.83. The largest absolute Gasteiger partial charge is 0.342 e. The van der Waals surface area contributed by atoms with Gasteiger partial charge < -0.3 is 0 Å². The molecule has 2 aromatic rings. The highest BCUT2D eigenvalue weighted by atomic mass is 16.2. The number of urea groups is 1. The van der Waals surface area contributed by atoms with Crippen molar-refractivity contribution < 1.29 is 14.4 Å². The molecule has 0 unspecified atom stereocenters. The van der Waals surface area contributed by atoms with E-state index < -0.39 is 23.8 Å². The first-order valence-corrected chi connectivity index (χ1v) is 12.5. The Morgan fingerprint density at radius 3 is 1.39 bits per heavy atom. The van der Waals surface area contributed by atoms with Crippen molar-refractivity contribution >= 4 is 29.2 Å². The molecule has 1 aliphatic rings. The third-order valence-corrected chi connectivity index (χ3v) is 6.29. The molecular formula is C28H36N2O3. The van der Waals surface area contributed by atoms with Crippen LogP contribution in [0.25, 0.3) is 0 Å². The maximum Gasteiger partial charge on any atom is 0.342 e. The third-order valence-electron chi connectivity index (χ3n) is 6.29. The topological polar surface area (TPSA) is 57.7 Å². The summed E-state index contributed by atoms with van der Waals surface area (Å²) in [6.45, 7) is 2.23. The number of barbiturate groups is 1. The Morgan fingerprint density at radius 1 is 0.576 bits per heavy atom. The number of hydrogen-bond acceptors (Lipinski definition) is 3. The van der Waals surface area contributed by atoms with Gasteiger partial charge in [-0.2, -0.15) is 0 Å². The Labute approximate surface area is 197 Å². The first kappa shape index (κ1) is 24.7. The highest BCUT2D eigenvalue weighted by molar-refractivity contribution is 6.36. The van der Waals surface area contributed by atoms with E-state index in [1.807, 2.05) is 12.1 Å². The fraction of sp³-hybridized carbons (Fsp3) is 0.464. The number of unbranched alkanes of at least 4 members (excludes halogenated alkanes) is 9. The predicted molar refractivity (Wildman–Crippen MR) is 133 cm³/mol. The van der Waals surface area contributed by atoms with Crippen LogP contribution in [0.1, 0.15) is 77.6 Å². The monoisotopic (exact) mass is 448 g/mol. The molecule has 0 saturated carbocycles. The molecule has 176 valence electrons. The third kappa shape index (κ3) is 6.53. The summed E-state index contributed by atoms with van der Waals surface area (Å²) in [5.74, 6) is -1.67. The van der Waals surface area contributed by atoms with Crippen LogP contribution in [0.3, 0.4) is 0 Å². The fourth-order valence-electron chi connectivity index (χ4n) is 4.42. The molecule has 0 spiro atoms. The van der Waals surface area contributed by atoms with E-state index in [1.54, 1.807) is 48.5 Å². The molecule has 0 atom stereocenters. The molecule has 0 bridgehead atoms. The number of anilines is 2. The Balaban J connectivity index is 1.62. The number of carbonyl (C=O) groups is 3. The normalized spacial score (nSPS) is 14.9. The number of imide groups is 2. The molecule has 1 fully saturated rings. The van der Waals surface area contributed by atoms with Gasteiger partial charge in [-0.3, -0.25) is 9.59 Å². The molecule has 0 aromatic heterocycles. The van der Waals surface area contributed by atoms with Crippen LogP contribution in [0, 0.1) is 5.92 Å². The van der Waals surface area contributed by atoms with Crippen LogP contribution in [-0.2, 0) is 9.59 Å². The molecule has 2 aromatic carbocycles. The lowest BCUT2D eigenvalue weighted by Gasteiger charge is -2.37. The molecule has 0 radical (unpaired) electrons. The quantitative estimate of drug-likeness (QED) is 0.242. The van der Waals surface area contributed by atoms with E-state index in [-0.39, 0.29) is 0 Å². The molecule has 1 aliphatic heterocycles. The van der Waals surface area contributed by atoms with Crippen LogP contribution in [0.2, 0.25) is 0 Å². The molecule has 0 aliphatic carbocycles. The SMILES string of the molecule is CCCCCCCCCCCCC1C(=O)N(c2ccccc2)C(=O)N(c2ccccc2)C1=O. The Bertz CT molecular complexity index is 836. The molecule has 1 heterocycles. The van der Waals surface area contributed by atoms with Gasteiger partial charge in [-0.25, -0.2) is 14.6 Å². The first-order valence-electron chi connectivity index (χ1n) is 12.5. The highest BCUT2D eigenvalue weighted by Gasteiger charge is 2.46. The van der Waals surface area contributed by atoms with Gasteiger partial charge in [0.2, 0.25) is 11.8 Å². The second kappa shape index (κ2) is 12.9. The lowest BCUT2D eigenvalue weighted by Crippen LogP contribution is -2.60. The van der Waals surface area contributed by atoms with Gasteiger partial charge in [-0.1, -0.05) is 108 Å². The zero-order chi connectivity index (χ0) is 23.5. The Hall–Kier alpha value is -2.95. The van der Waals surface area contributed by atoms with Crippen molar-refractivity contribution in [1.29, 1.82) is 0 Å². The van der Waals surface area contributed by atoms with Crippen molar-refractivity contribution in [2.75, 3.05) is 9.80 Å². The van der Waals surface area contributed by atoms with Crippen LogP contribution in [0.5, 0.6) is 0 Å². The summed E-state index contributed by atoms with van der Waals surface area (Å²) < 4.78 is 0. The van der Waals surface area contributed by atoms with Crippen molar-refractivity contribution in [3.05, 3.63) is 60.7 Å². The number of benzene rings is 2. The van der Waals surface area contributed by atoms with E-state index in [0.29, 0.717) is 17.8 Å². The summed E-state index contributed by atoms with van der Waals surface area (Å²) in [7, 11) is 0. The average molecular weight is 449 g/mol. The van der Waals surface area contributed by atoms with Gasteiger partial charge in [-0.05, 0) is 30.7 Å². The minimum Gasteiger partial charge on any atom is -0.273 e. The van der Waals surface area contributed by atoms with Crippen LogP contribution in [-0.4, -0.2) is 17.8 Å². The van der Waals surface area contributed by atoms with E-state index in [9.17, 15) is 14.4 Å². The second-order valence-electron chi connectivity index (χ2n) is 8.82. The first-order chi connectivity index (χ1) is 16.1. The van der Waals surface area contributed by atoms with Crippen molar-refractivity contribution in [2.24, 2.45) is 5.92 Å². The molecule has 5 heteroatoms. The smallest absolute Gasteiger partial charge is 0.273 e. The second-order valence-corrected chi connectivity index (χ2v) is 8.82. The number of carbonyl (C=O) groups excluding carboxylic acids is 3. The van der Waals surface area contributed by atoms with Crippen LogP contribution in [0.15, 0.2) is 60.7 Å². The number of para-hydroxylation sites is 2. The predicted octanol–water partition coefficient (Wildman–Crippen LogP) is 7.11. The standard InChI is InChI=1S/C28H36N2O3/c1-2-3-4-5-6-7-8-9-10-17-22-25-26(31)29(23-18-13-11-14-19-23)28(33)30(27(25)32)24-20-15-12-16-21-24/h11-16,18-21,25H,2-10,17,22H2,1H3. The van der Waals surface area contributed by atoms with E-state index in [0.717, 1.165) is 29.1 Å². The van der Waals surface area contributed by atoms with Crippen LogP contribution >= 0.6 is 0 Å². The Kier molecular flexibility index (Phi) is 9.67. The van der Waals surface area contributed by atoms with Gasteiger partial charge in [0.1, 0.15) is 5.92 Å². The van der Waals surface area contributed by atoms with Crippen molar-refractivity contribution in [2.45, 2.75) is 77.6 Å².